The van der Waals surface area contributed by atoms with Crippen LogP contribution in [0.2, 0.25) is 0 Å². The Labute approximate surface area is 137 Å². The summed E-state index contributed by atoms with van der Waals surface area (Å²) in [4.78, 5) is 12.2. The van der Waals surface area contributed by atoms with Crippen LogP contribution in [-0.4, -0.2) is 17.6 Å². The average Bonchev–Trinajstić information content (AvgIpc) is 3.32. The van der Waals surface area contributed by atoms with Gasteiger partial charge in [-0.1, -0.05) is 12.1 Å². The van der Waals surface area contributed by atoms with Crippen LogP contribution in [0.3, 0.4) is 0 Å². The van der Waals surface area contributed by atoms with Crippen molar-refractivity contribution in [2.24, 2.45) is 0 Å². The zero-order valence-electron chi connectivity index (χ0n) is 14.1. The molecule has 3 rings (SSSR count). The first-order valence-electron chi connectivity index (χ1n) is 8.15. The topological polar surface area (TPSA) is 43.3 Å². The first kappa shape index (κ1) is 15.7. The Morgan fingerprint density at radius 1 is 1.30 bits per heavy atom. The lowest BCUT2D eigenvalue weighted by Gasteiger charge is -2.09. The lowest BCUT2D eigenvalue weighted by molar-refractivity contribution is -0.120. The van der Waals surface area contributed by atoms with Crippen molar-refractivity contribution in [1.29, 1.82) is 0 Å². The predicted octanol–water partition coefficient (Wildman–Crippen LogP) is 3.31. The highest BCUT2D eigenvalue weighted by Crippen LogP contribution is 2.38. The number of carbonyl (C=O) groups excluding carboxylic acids is 1. The van der Waals surface area contributed by atoms with E-state index >= 15 is 0 Å². The second-order valence-corrected chi connectivity index (χ2v) is 6.30. The molecule has 1 heterocycles. The lowest BCUT2D eigenvalue weighted by atomic mass is 10.1. The minimum Gasteiger partial charge on any atom is -0.497 e. The second kappa shape index (κ2) is 6.49. The van der Waals surface area contributed by atoms with E-state index in [1.54, 1.807) is 7.11 Å². The van der Waals surface area contributed by atoms with Crippen LogP contribution in [0.1, 0.15) is 41.4 Å². The number of carbonyl (C=O) groups is 1. The first-order chi connectivity index (χ1) is 11.1. The quantitative estimate of drug-likeness (QED) is 0.889. The van der Waals surface area contributed by atoms with Crippen LogP contribution in [0.15, 0.2) is 30.3 Å². The highest BCUT2D eigenvalue weighted by Gasteiger charge is 2.26. The summed E-state index contributed by atoms with van der Waals surface area (Å²) in [5, 5.41) is 3.03. The molecular formula is C19H24N2O2. The molecule has 1 fully saturated rings. The van der Waals surface area contributed by atoms with Crippen molar-refractivity contribution in [1.82, 2.24) is 9.88 Å². The average molecular weight is 312 g/mol. The third-order valence-electron chi connectivity index (χ3n) is 4.48. The van der Waals surface area contributed by atoms with Gasteiger partial charge < -0.3 is 14.6 Å². The lowest BCUT2D eigenvalue weighted by Crippen LogP contribution is -2.24. The van der Waals surface area contributed by atoms with Crippen LogP contribution < -0.4 is 10.1 Å². The molecule has 4 nitrogen and oxygen atoms in total. The number of nitrogens with zero attached hydrogens (tertiary/aromatic N) is 1. The number of methoxy groups -OCH3 is 1. The van der Waals surface area contributed by atoms with E-state index in [2.05, 4.69) is 29.8 Å². The maximum Gasteiger partial charge on any atom is 0.224 e. The van der Waals surface area contributed by atoms with Crippen LogP contribution >= 0.6 is 0 Å². The minimum atomic E-state index is 0.0366. The van der Waals surface area contributed by atoms with E-state index in [-0.39, 0.29) is 5.91 Å². The number of hydrogen-bond donors (Lipinski definition) is 1. The summed E-state index contributed by atoms with van der Waals surface area (Å²) in [6.45, 7) is 4.89. The molecule has 0 radical (unpaired) electrons. The van der Waals surface area contributed by atoms with Gasteiger partial charge in [0.05, 0.1) is 13.5 Å². The minimum absolute atomic E-state index is 0.0366. The van der Waals surface area contributed by atoms with Crippen molar-refractivity contribution in [3.63, 3.8) is 0 Å². The molecule has 0 atom stereocenters. The molecule has 1 N–H and O–H groups in total. The highest BCUT2D eigenvalue weighted by atomic mass is 16.5. The van der Waals surface area contributed by atoms with Gasteiger partial charge in [-0.25, -0.2) is 0 Å². The molecule has 0 saturated heterocycles. The normalized spacial score (nSPS) is 13.9. The zero-order chi connectivity index (χ0) is 16.4. The molecular weight excluding hydrogens is 288 g/mol. The fourth-order valence-corrected chi connectivity index (χ4v) is 3.14. The van der Waals surface area contributed by atoms with E-state index in [0.29, 0.717) is 19.0 Å². The summed E-state index contributed by atoms with van der Waals surface area (Å²) in [6, 6.07) is 10.5. The summed E-state index contributed by atoms with van der Waals surface area (Å²) < 4.78 is 7.60. The number of aryl methyl sites for hydroxylation is 1. The third-order valence-corrected chi connectivity index (χ3v) is 4.48. The van der Waals surface area contributed by atoms with Crippen LogP contribution in [0, 0.1) is 13.8 Å². The van der Waals surface area contributed by atoms with Crippen LogP contribution in [0.25, 0.3) is 0 Å². The first-order valence-corrected chi connectivity index (χ1v) is 8.15. The van der Waals surface area contributed by atoms with E-state index < -0.39 is 0 Å². The van der Waals surface area contributed by atoms with Crippen molar-refractivity contribution < 1.29 is 9.53 Å². The Bertz CT molecular complexity index is 714. The number of hydrogen-bond acceptors (Lipinski definition) is 2. The van der Waals surface area contributed by atoms with Crippen LogP contribution in [0.4, 0.5) is 0 Å². The van der Waals surface area contributed by atoms with Gasteiger partial charge in [0, 0.05) is 24.0 Å². The number of nitrogens with one attached hydrogen (secondary N) is 1. The van der Waals surface area contributed by atoms with Gasteiger partial charge in [0.2, 0.25) is 5.91 Å². The van der Waals surface area contributed by atoms with Crippen molar-refractivity contribution >= 4 is 5.91 Å². The largest absolute Gasteiger partial charge is 0.497 e. The summed E-state index contributed by atoms with van der Waals surface area (Å²) >= 11 is 0. The zero-order valence-corrected chi connectivity index (χ0v) is 14.1. The fraction of sp³-hybridized carbons (Fsp3) is 0.421. The van der Waals surface area contributed by atoms with Gasteiger partial charge in [-0.3, -0.25) is 4.79 Å². The summed E-state index contributed by atoms with van der Waals surface area (Å²) in [5.41, 5.74) is 4.76. The highest BCUT2D eigenvalue weighted by molar-refractivity contribution is 5.78. The maximum absolute atomic E-state index is 12.2. The molecule has 122 valence electrons. The third kappa shape index (κ3) is 3.58. The second-order valence-electron chi connectivity index (χ2n) is 6.30. The molecule has 0 aliphatic heterocycles. The van der Waals surface area contributed by atoms with Gasteiger partial charge in [-0.15, -0.1) is 0 Å². The van der Waals surface area contributed by atoms with E-state index in [0.717, 1.165) is 11.3 Å². The molecule has 1 aliphatic carbocycles. The number of benzene rings is 1. The Morgan fingerprint density at radius 2 is 2.09 bits per heavy atom. The van der Waals surface area contributed by atoms with Gasteiger partial charge in [-0.05, 0) is 56.0 Å². The molecule has 1 aliphatic rings. The van der Waals surface area contributed by atoms with Gasteiger partial charge in [-0.2, -0.15) is 0 Å². The molecule has 1 amide bonds. The monoisotopic (exact) mass is 312 g/mol. The van der Waals surface area contributed by atoms with Gasteiger partial charge in [0.1, 0.15) is 5.75 Å². The molecule has 2 aromatic rings. The Hall–Kier alpha value is -2.23. The summed E-state index contributed by atoms with van der Waals surface area (Å²) in [7, 11) is 1.63. The Balaban J connectivity index is 1.59. The molecule has 1 saturated carbocycles. The molecule has 0 spiro atoms. The van der Waals surface area contributed by atoms with E-state index in [1.807, 2.05) is 24.3 Å². The summed E-state index contributed by atoms with van der Waals surface area (Å²) in [5.74, 6) is 0.817. The number of aromatic nitrogens is 1. The van der Waals surface area contributed by atoms with Crippen molar-refractivity contribution in [3.05, 3.63) is 52.8 Å². The van der Waals surface area contributed by atoms with Gasteiger partial charge >= 0.3 is 0 Å². The predicted molar refractivity (Wildman–Crippen MR) is 90.7 cm³/mol. The van der Waals surface area contributed by atoms with E-state index in [1.165, 1.54) is 29.8 Å². The molecule has 0 unspecified atom stereocenters. The van der Waals surface area contributed by atoms with Crippen molar-refractivity contribution in [2.75, 3.05) is 7.11 Å². The molecule has 1 aromatic carbocycles. The number of ether oxygens (including phenoxy) is 1. The molecule has 0 bridgehead atoms. The smallest absolute Gasteiger partial charge is 0.224 e. The van der Waals surface area contributed by atoms with Gasteiger partial charge in [0.25, 0.3) is 0 Å². The molecule has 23 heavy (non-hydrogen) atoms. The van der Waals surface area contributed by atoms with E-state index in [9.17, 15) is 4.79 Å². The Morgan fingerprint density at radius 3 is 2.78 bits per heavy atom. The molecule has 1 aromatic heterocycles. The number of rotatable bonds is 6. The fourth-order valence-electron chi connectivity index (χ4n) is 3.14. The van der Waals surface area contributed by atoms with Crippen molar-refractivity contribution in [2.45, 2.75) is 45.7 Å². The number of amides is 1. The molecule has 4 heteroatoms. The maximum atomic E-state index is 12.2. The van der Waals surface area contributed by atoms with Gasteiger partial charge in [0.15, 0.2) is 0 Å². The van der Waals surface area contributed by atoms with Crippen LogP contribution in [-0.2, 0) is 17.8 Å². The van der Waals surface area contributed by atoms with Crippen LogP contribution in [0.5, 0.6) is 5.75 Å². The standard InChI is InChI=1S/C19H24N2O2/c1-13-9-16(14(2)21(13)17-7-8-17)12-20-19(22)11-15-5-4-6-18(10-15)23-3/h4-6,9-10,17H,7-8,11-12H2,1-3H3,(H,20,22). The SMILES string of the molecule is COc1cccc(CC(=O)NCc2cc(C)n(C3CC3)c2C)c1. The van der Waals surface area contributed by atoms with E-state index in [4.69, 9.17) is 4.74 Å². The van der Waals surface area contributed by atoms with Crippen molar-refractivity contribution in [3.8, 4) is 5.75 Å². The Kier molecular flexibility index (Phi) is 4.42. The summed E-state index contributed by atoms with van der Waals surface area (Å²) in [6.07, 6.45) is 2.93.